The number of nitrogens with zero attached hydrogens (tertiary/aromatic N) is 1. The molecule has 6 heteroatoms. The highest BCUT2D eigenvalue weighted by Crippen LogP contribution is 2.16. The molecule has 0 spiro atoms. The number of amides is 1. The molecule has 2 N–H and O–H groups in total. The number of aliphatic hydroxyl groups is 1. The van der Waals surface area contributed by atoms with E-state index >= 15 is 0 Å². The highest BCUT2D eigenvalue weighted by molar-refractivity contribution is 5.85. The summed E-state index contributed by atoms with van der Waals surface area (Å²) in [5.41, 5.74) is 0. The summed E-state index contributed by atoms with van der Waals surface area (Å²) >= 11 is 0. The lowest BCUT2D eigenvalue weighted by atomic mass is 10.0. The minimum Gasteiger partial charge on any atom is -0.467 e. The van der Waals surface area contributed by atoms with Crippen molar-refractivity contribution in [3.05, 3.63) is 0 Å². The van der Waals surface area contributed by atoms with Crippen LogP contribution in [0.2, 0.25) is 0 Å². The van der Waals surface area contributed by atoms with Gasteiger partial charge in [0.15, 0.2) is 0 Å². The van der Waals surface area contributed by atoms with Crippen LogP contribution in [0.3, 0.4) is 0 Å². The summed E-state index contributed by atoms with van der Waals surface area (Å²) in [5, 5.41) is 12.0. The van der Waals surface area contributed by atoms with E-state index in [1.807, 2.05) is 18.7 Å². The summed E-state index contributed by atoms with van der Waals surface area (Å²) in [6, 6.07) is -0.537. The zero-order valence-electron chi connectivity index (χ0n) is 12.6. The standard InChI is InChI=1S/C14H26N2O4/c1-10(2)7-12(14(19)20-3)15-13(18)8-16-6-4-5-11(16)9-17/h10-12,17H,4-9H2,1-3H3,(H,15,18). The zero-order chi connectivity index (χ0) is 15.1. The molecule has 1 heterocycles. The normalized spacial score (nSPS) is 20.9. The first kappa shape index (κ1) is 16.9. The Kier molecular flexibility index (Phi) is 6.95. The molecule has 0 aliphatic carbocycles. The van der Waals surface area contributed by atoms with Crippen molar-refractivity contribution in [2.45, 2.75) is 45.2 Å². The number of nitrogens with one attached hydrogen (secondary N) is 1. The summed E-state index contributed by atoms with van der Waals surface area (Å²) in [5.74, 6) is -0.315. The van der Waals surface area contributed by atoms with Crippen LogP contribution in [-0.2, 0) is 14.3 Å². The highest BCUT2D eigenvalue weighted by Gasteiger charge is 2.28. The molecule has 0 bridgehead atoms. The number of ether oxygens (including phenoxy) is 1. The summed E-state index contributed by atoms with van der Waals surface area (Å²) < 4.78 is 4.72. The van der Waals surface area contributed by atoms with Crippen LogP contribution in [0.1, 0.15) is 33.1 Å². The van der Waals surface area contributed by atoms with Gasteiger partial charge < -0.3 is 15.2 Å². The third-order valence-corrected chi connectivity index (χ3v) is 3.58. The molecule has 6 nitrogen and oxygen atoms in total. The van der Waals surface area contributed by atoms with Gasteiger partial charge in [0.1, 0.15) is 6.04 Å². The van der Waals surface area contributed by atoms with E-state index in [0.717, 1.165) is 19.4 Å². The smallest absolute Gasteiger partial charge is 0.328 e. The second-order valence-electron chi connectivity index (χ2n) is 5.72. The molecule has 1 saturated heterocycles. The summed E-state index contributed by atoms with van der Waals surface area (Å²) in [7, 11) is 1.32. The molecule has 1 fully saturated rings. The fraction of sp³-hybridized carbons (Fsp3) is 0.857. The van der Waals surface area contributed by atoms with Crippen molar-refractivity contribution in [2.24, 2.45) is 5.92 Å². The van der Waals surface area contributed by atoms with E-state index in [9.17, 15) is 14.7 Å². The zero-order valence-corrected chi connectivity index (χ0v) is 12.6. The molecule has 2 unspecified atom stereocenters. The topological polar surface area (TPSA) is 78.9 Å². The van der Waals surface area contributed by atoms with Crippen LogP contribution in [0.15, 0.2) is 0 Å². The summed E-state index contributed by atoms with van der Waals surface area (Å²) in [6.45, 7) is 5.08. The fourth-order valence-corrected chi connectivity index (χ4v) is 2.56. The Bertz CT molecular complexity index is 333. The molecule has 1 amide bonds. The van der Waals surface area contributed by atoms with Gasteiger partial charge in [0.05, 0.1) is 20.3 Å². The highest BCUT2D eigenvalue weighted by atomic mass is 16.5. The Hall–Kier alpha value is -1.14. The van der Waals surface area contributed by atoms with Gasteiger partial charge in [0.2, 0.25) is 5.91 Å². The van der Waals surface area contributed by atoms with E-state index in [-0.39, 0.29) is 31.0 Å². The molecule has 2 atom stereocenters. The Labute approximate surface area is 120 Å². The molecule has 0 radical (unpaired) electrons. The maximum absolute atomic E-state index is 12.0. The molecular weight excluding hydrogens is 260 g/mol. The second kappa shape index (κ2) is 8.21. The van der Waals surface area contributed by atoms with E-state index in [0.29, 0.717) is 6.42 Å². The Morgan fingerprint density at radius 1 is 1.45 bits per heavy atom. The molecule has 0 aromatic carbocycles. The van der Waals surface area contributed by atoms with Gasteiger partial charge in [-0.15, -0.1) is 0 Å². The van der Waals surface area contributed by atoms with Gasteiger partial charge in [-0.25, -0.2) is 4.79 Å². The Morgan fingerprint density at radius 2 is 2.15 bits per heavy atom. The third-order valence-electron chi connectivity index (χ3n) is 3.58. The molecule has 116 valence electrons. The first-order chi connectivity index (χ1) is 9.47. The molecule has 0 aromatic heterocycles. The average Bonchev–Trinajstić information content (AvgIpc) is 2.83. The number of methoxy groups -OCH3 is 1. The van der Waals surface area contributed by atoms with Gasteiger partial charge in [-0.1, -0.05) is 13.8 Å². The van der Waals surface area contributed by atoms with E-state index in [2.05, 4.69) is 5.32 Å². The van der Waals surface area contributed by atoms with Gasteiger partial charge in [-0.3, -0.25) is 9.69 Å². The molecule has 20 heavy (non-hydrogen) atoms. The number of hydrogen-bond acceptors (Lipinski definition) is 5. The van der Waals surface area contributed by atoms with Crippen molar-refractivity contribution in [2.75, 3.05) is 26.8 Å². The number of hydrogen-bond donors (Lipinski definition) is 2. The van der Waals surface area contributed by atoms with Crippen molar-refractivity contribution in [3.8, 4) is 0 Å². The van der Waals surface area contributed by atoms with E-state index < -0.39 is 12.0 Å². The monoisotopic (exact) mass is 286 g/mol. The van der Waals surface area contributed by atoms with Gasteiger partial charge in [-0.05, 0) is 31.7 Å². The number of carbonyl (C=O) groups excluding carboxylic acids is 2. The molecule has 1 aliphatic rings. The number of rotatable bonds is 7. The molecule has 1 rings (SSSR count). The van der Waals surface area contributed by atoms with Crippen molar-refractivity contribution in [1.82, 2.24) is 10.2 Å². The maximum atomic E-state index is 12.0. The quantitative estimate of drug-likeness (QED) is 0.651. The first-order valence-corrected chi connectivity index (χ1v) is 7.20. The van der Waals surface area contributed by atoms with Crippen LogP contribution < -0.4 is 5.32 Å². The lowest BCUT2D eigenvalue weighted by molar-refractivity contribution is -0.145. The van der Waals surface area contributed by atoms with Crippen molar-refractivity contribution >= 4 is 11.9 Å². The third kappa shape index (κ3) is 5.09. The van der Waals surface area contributed by atoms with Crippen LogP contribution in [0.5, 0.6) is 0 Å². The second-order valence-corrected chi connectivity index (χ2v) is 5.72. The maximum Gasteiger partial charge on any atom is 0.328 e. The van der Waals surface area contributed by atoms with Crippen molar-refractivity contribution in [1.29, 1.82) is 0 Å². The number of carbonyl (C=O) groups is 2. The van der Waals surface area contributed by atoms with Gasteiger partial charge in [0, 0.05) is 6.04 Å². The SMILES string of the molecule is COC(=O)C(CC(C)C)NC(=O)CN1CCCC1CO. The predicted octanol–water partition coefficient (Wildman–Crippen LogP) is 0.147. The number of likely N-dealkylation sites (tertiary alicyclic amines) is 1. The van der Waals surface area contributed by atoms with Crippen molar-refractivity contribution in [3.63, 3.8) is 0 Å². The lowest BCUT2D eigenvalue weighted by Gasteiger charge is -2.24. The van der Waals surface area contributed by atoms with Crippen LogP contribution in [0, 0.1) is 5.92 Å². The van der Waals surface area contributed by atoms with Crippen LogP contribution in [0.25, 0.3) is 0 Å². The molecule has 0 saturated carbocycles. The fourth-order valence-electron chi connectivity index (χ4n) is 2.56. The van der Waals surface area contributed by atoms with E-state index in [1.54, 1.807) is 0 Å². The van der Waals surface area contributed by atoms with Gasteiger partial charge in [0.25, 0.3) is 0 Å². The molecule has 1 aliphatic heterocycles. The van der Waals surface area contributed by atoms with Crippen LogP contribution >= 0.6 is 0 Å². The van der Waals surface area contributed by atoms with Crippen molar-refractivity contribution < 1.29 is 19.4 Å². The van der Waals surface area contributed by atoms with E-state index in [1.165, 1.54) is 7.11 Å². The number of aliphatic hydroxyl groups excluding tert-OH is 1. The molecular formula is C14H26N2O4. The molecule has 0 aromatic rings. The minimum absolute atomic E-state index is 0.0578. The van der Waals surface area contributed by atoms with E-state index in [4.69, 9.17) is 4.74 Å². The Morgan fingerprint density at radius 3 is 2.70 bits per heavy atom. The summed E-state index contributed by atoms with van der Waals surface area (Å²) in [4.78, 5) is 25.6. The Balaban J connectivity index is 2.50. The largest absolute Gasteiger partial charge is 0.467 e. The average molecular weight is 286 g/mol. The van der Waals surface area contributed by atoms with Crippen LogP contribution in [-0.4, -0.2) is 60.8 Å². The van der Waals surface area contributed by atoms with Gasteiger partial charge in [-0.2, -0.15) is 0 Å². The number of esters is 1. The first-order valence-electron chi connectivity index (χ1n) is 7.20. The predicted molar refractivity (Wildman–Crippen MR) is 75.1 cm³/mol. The van der Waals surface area contributed by atoms with Crippen LogP contribution in [0.4, 0.5) is 0 Å². The lowest BCUT2D eigenvalue weighted by Crippen LogP contribution is -2.47. The summed E-state index contributed by atoms with van der Waals surface area (Å²) in [6.07, 6.45) is 2.46. The van der Waals surface area contributed by atoms with Gasteiger partial charge >= 0.3 is 5.97 Å². The minimum atomic E-state index is -0.595.